The number of halogens is 12. The van der Waals surface area contributed by atoms with Gasteiger partial charge in [0.15, 0.2) is 0 Å². The summed E-state index contributed by atoms with van der Waals surface area (Å²) < 4.78 is 310. The Bertz CT molecular complexity index is 6120. The average Bonchev–Trinajstić information content (AvgIpc) is 1.51. The second-order valence-electron chi connectivity index (χ2n) is 24.0. The van der Waals surface area contributed by atoms with E-state index in [4.69, 9.17) is 19.4 Å². The van der Waals surface area contributed by atoms with Crippen LogP contribution in [-0.4, -0.2) is 126 Å². The van der Waals surface area contributed by atoms with Crippen molar-refractivity contribution in [1.82, 2.24) is 27.2 Å². The van der Waals surface area contributed by atoms with E-state index < -0.39 is 108 Å². The summed E-state index contributed by atoms with van der Waals surface area (Å²) in [4.78, 5) is 7.14. The van der Waals surface area contributed by atoms with Crippen molar-refractivity contribution >= 4 is 164 Å². The van der Waals surface area contributed by atoms with Crippen molar-refractivity contribution in [3.05, 3.63) is 227 Å². The normalized spacial score (nSPS) is 13.6. The number of nitrogens with zero attached hydrogens (tertiary/aromatic N) is 6. The summed E-state index contributed by atoms with van der Waals surface area (Å²) in [5, 5.41) is -3.04. The Morgan fingerprint density at radius 1 is 0.491 bits per heavy atom. The number of sulfone groups is 1. The SMILES string of the molecule is COc1ccc2sc(/C(C#N)=c3\c4c(-c5ccc(S(=O)(=O)C(F)(F)C(F)(F)C(F)(F)S(=O)(=O)NSC)cc5)n(B(c5ccccc5)c5ccccc5)/c(=C(\C#N)c5nc6cc(OC)ccc6s5)c4c(-c4ccc(SC(F)(F)C(F)(F)C(F)(F)S(=O)(=O)NS(C)(=O)=O)cc4)n3B(c3ccccc3)c3ccccc3)nc2c1. The molecule has 2 N–H and O–H groups in total. The molecule has 8 aromatic carbocycles. The summed E-state index contributed by atoms with van der Waals surface area (Å²) in [7, 11) is -23.7. The molecule has 110 heavy (non-hydrogen) atoms. The summed E-state index contributed by atoms with van der Waals surface area (Å²) in [6, 6.07) is 52.7. The lowest BCUT2D eigenvalue weighted by atomic mass is 9.50. The van der Waals surface area contributed by atoms with E-state index in [9.17, 15) is 44.2 Å². The Morgan fingerprint density at radius 2 is 0.855 bits per heavy atom. The number of thiazole rings is 2. The predicted octanol–water partition coefficient (Wildman–Crippen LogP) is 11.4. The first-order valence-corrected chi connectivity index (χ1v) is 41.4. The number of ether oxygens (including phenoxy) is 2. The number of methoxy groups -OCH3 is 2. The van der Waals surface area contributed by atoms with Crippen molar-refractivity contribution in [2.75, 3.05) is 26.7 Å². The molecule has 0 unspecified atom stereocenters. The van der Waals surface area contributed by atoms with Gasteiger partial charge in [-0.2, -0.15) is 67.3 Å². The minimum atomic E-state index is -7.24. The number of rotatable bonds is 26. The number of aromatic nitrogens is 4. The number of thioether (sulfide) groups is 1. The second kappa shape index (κ2) is 29.6. The van der Waals surface area contributed by atoms with E-state index in [0.717, 1.165) is 69.5 Å². The minimum Gasteiger partial charge on any atom is -0.497 e. The fraction of sp³-hybridized carbons (Fsp3) is 0.143. The standard InChI is InChI=1S/C70H48B2F12N8O10S8/c1-101-47-29-35-55-53(37-47)87-63(104-55)51(39-85)61-57-58(60(92(61)72(45-21-13-7-14-22-45)46-23-15-8-16-24-46)42-27-33-50(34-28-42)108(95,96)68(79,80)66(75,76)70(83,84)109(97,98)89-103-3)62(52(40-86)64-88-54-38-48(102-2)30-36-56(54)105-64)91(71(43-17-9-5-10-18-43)44-19-11-6-12-20-44)59(57)41-25-31-49(32-26-41)106-67(77,78)65(73,74)69(81,82)110(99,100)90-107(4,93)94/h5-38,89-90H,1-4H3/b61-51+,62-52+. The third-order valence-corrected chi connectivity index (χ3v) is 27.6. The summed E-state index contributed by atoms with van der Waals surface area (Å²) >= 11 is 0.400. The maximum Gasteiger partial charge on any atom is 0.428 e. The van der Waals surface area contributed by atoms with Gasteiger partial charge in [-0.05, 0) is 77.7 Å². The predicted molar refractivity (Wildman–Crippen MR) is 400 cm³/mol. The van der Waals surface area contributed by atoms with Gasteiger partial charge in [-0.1, -0.05) is 179 Å². The molecule has 4 heterocycles. The lowest BCUT2D eigenvalue weighted by Crippen LogP contribution is -2.62. The molecule has 0 saturated carbocycles. The van der Waals surface area contributed by atoms with Crippen LogP contribution in [0.1, 0.15) is 10.0 Å². The van der Waals surface area contributed by atoms with Crippen molar-refractivity contribution in [3.8, 4) is 46.2 Å². The number of fused-ring (bicyclic) bond motifs is 3. The fourth-order valence-corrected chi connectivity index (χ4v) is 20.6. The van der Waals surface area contributed by atoms with Gasteiger partial charge in [0.1, 0.15) is 44.8 Å². The number of alkyl halides is 12. The molecule has 0 aliphatic carbocycles. The van der Waals surface area contributed by atoms with Crippen LogP contribution in [0, 0.1) is 22.7 Å². The minimum absolute atomic E-state index is 0.0169. The largest absolute Gasteiger partial charge is 0.497 e. The molecule has 0 saturated heterocycles. The number of nitriles is 2. The molecule has 0 spiro atoms. The zero-order valence-corrected chi connectivity index (χ0v) is 62.9. The smallest absolute Gasteiger partial charge is 0.428 e. The van der Waals surface area contributed by atoms with Gasteiger partial charge in [0.25, 0.3) is 20.0 Å². The van der Waals surface area contributed by atoms with Gasteiger partial charge in [0.05, 0.1) is 56.5 Å². The molecular formula is C70H48B2F12N8O10S8. The molecule has 0 aliphatic rings. The zero-order chi connectivity index (χ0) is 79.7. The third kappa shape index (κ3) is 13.8. The van der Waals surface area contributed by atoms with Gasteiger partial charge in [-0.3, -0.25) is 0 Å². The van der Waals surface area contributed by atoms with Crippen LogP contribution >= 0.6 is 46.4 Å². The molecule has 0 amide bonds. The molecule has 0 aliphatic heterocycles. The van der Waals surface area contributed by atoms with Crippen molar-refractivity contribution < 1.29 is 95.8 Å². The summed E-state index contributed by atoms with van der Waals surface area (Å²) in [5.74, 6) is -13.6. The van der Waals surface area contributed by atoms with E-state index >= 15 is 52.7 Å². The fourth-order valence-electron chi connectivity index (χ4n) is 12.3. The van der Waals surface area contributed by atoms with E-state index in [1.807, 2.05) is 0 Å². The van der Waals surface area contributed by atoms with Crippen LogP contribution in [0.5, 0.6) is 11.5 Å². The van der Waals surface area contributed by atoms with Crippen LogP contribution in [-0.2, 0) is 39.9 Å². The Kier molecular flexibility index (Phi) is 21.5. The molecule has 18 nitrogen and oxygen atoms in total. The Morgan fingerprint density at radius 3 is 1.20 bits per heavy atom. The monoisotopic (exact) mass is 1670 g/mol. The second-order valence-corrected chi connectivity index (χ2v) is 35.6. The Labute approximate surface area is 635 Å². The van der Waals surface area contributed by atoms with Gasteiger partial charge < -0.3 is 18.4 Å². The van der Waals surface area contributed by atoms with Crippen molar-refractivity contribution in [2.45, 2.75) is 42.7 Å². The molecular weight excluding hydrogens is 1620 g/mol. The highest BCUT2D eigenvalue weighted by molar-refractivity contribution is 8.09. The first-order valence-electron chi connectivity index (χ1n) is 31.4. The number of hydrogen-bond donors (Lipinski definition) is 2. The van der Waals surface area contributed by atoms with Crippen molar-refractivity contribution in [3.63, 3.8) is 0 Å². The van der Waals surface area contributed by atoms with Crippen LogP contribution in [0.15, 0.2) is 216 Å². The van der Waals surface area contributed by atoms with Gasteiger partial charge in [0, 0.05) is 39.2 Å². The maximum absolute atomic E-state index is 16.5. The molecule has 4 aromatic heterocycles. The average molecular weight is 1670 g/mol. The topological polar surface area (TPSA) is 262 Å². The molecule has 0 radical (unpaired) electrons. The van der Waals surface area contributed by atoms with E-state index in [1.165, 1.54) is 30.8 Å². The summed E-state index contributed by atoms with van der Waals surface area (Å²) in [5.41, 5.74) is 0.170. The molecule has 0 bridgehead atoms. The van der Waals surface area contributed by atoms with E-state index in [1.54, 1.807) is 150 Å². The highest BCUT2D eigenvalue weighted by Gasteiger charge is 2.82. The summed E-state index contributed by atoms with van der Waals surface area (Å²) in [6.45, 7) is -2.68. The lowest BCUT2D eigenvalue weighted by Gasteiger charge is -2.31. The maximum atomic E-state index is 16.5. The molecule has 0 fully saturated rings. The first-order chi connectivity index (χ1) is 51.8. The van der Waals surface area contributed by atoms with Crippen LogP contribution in [0.3, 0.4) is 0 Å². The number of hydrogen-bond acceptors (Lipinski definition) is 18. The van der Waals surface area contributed by atoms with Gasteiger partial charge >= 0.3 is 46.6 Å². The van der Waals surface area contributed by atoms with Crippen molar-refractivity contribution in [1.29, 1.82) is 10.5 Å². The van der Waals surface area contributed by atoms with Crippen LogP contribution in [0.2, 0.25) is 0 Å². The number of sulfonamides is 3. The van der Waals surface area contributed by atoms with Gasteiger partial charge in [0.2, 0.25) is 19.9 Å². The number of nitrogens with one attached hydrogen (secondary N) is 2. The highest BCUT2D eigenvalue weighted by atomic mass is 32.3. The molecule has 0 atom stereocenters. The molecule has 566 valence electrons. The first kappa shape index (κ1) is 79.9. The highest BCUT2D eigenvalue weighted by Crippen LogP contribution is 2.56. The van der Waals surface area contributed by atoms with E-state index in [2.05, 4.69) is 12.1 Å². The van der Waals surface area contributed by atoms with Gasteiger partial charge in [-0.25, -0.2) is 43.6 Å². The molecule has 12 rings (SSSR count). The van der Waals surface area contributed by atoms with Crippen LogP contribution in [0.25, 0.3) is 64.9 Å². The van der Waals surface area contributed by atoms with E-state index in [0.29, 0.717) is 59.0 Å². The van der Waals surface area contributed by atoms with Gasteiger partial charge in [-0.15, -0.1) is 26.8 Å². The Hall–Kier alpha value is -9.61. The van der Waals surface area contributed by atoms with Crippen molar-refractivity contribution in [2.24, 2.45) is 0 Å². The molecule has 12 aromatic rings. The third-order valence-electron chi connectivity index (χ3n) is 17.2. The zero-order valence-electron chi connectivity index (χ0n) is 56.4. The molecule has 40 heteroatoms. The number of benzene rings is 8. The van der Waals surface area contributed by atoms with Crippen LogP contribution in [0.4, 0.5) is 52.7 Å². The lowest BCUT2D eigenvalue weighted by molar-refractivity contribution is -0.243. The summed E-state index contributed by atoms with van der Waals surface area (Å²) in [6.07, 6.45) is 0.746. The van der Waals surface area contributed by atoms with Crippen LogP contribution < -0.4 is 50.3 Å². The quantitative estimate of drug-likeness (QED) is 0.0221. The Balaban J connectivity index is 1.34. The van der Waals surface area contributed by atoms with E-state index in [-0.39, 0.29) is 94.4 Å².